The molecule has 0 aliphatic heterocycles. The number of hydrogen-bond donors (Lipinski definition) is 1. The van der Waals surface area contributed by atoms with Crippen LogP contribution in [0.25, 0.3) is 0 Å². The number of benzene rings is 1. The van der Waals surface area contributed by atoms with Gasteiger partial charge in [-0.15, -0.1) is 0 Å². The van der Waals surface area contributed by atoms with E-state index in [2.05, 4.69) is 4.74 Å². The summed E-state index contributed by atoms with van der Waals surface area (Å²) in [6.07, 6.45) is 0.780. The Labute approximate surface area is 110 Å². The van der Waals surface area contributed by atoms with Gasteiger partial charge < -0.3 is 19.3 Å². The summed E-state index contributed by atoms with van der Waals surface area (Å²) < 4.78 is 15.0. The van der Waals surface area contributed by atoms with Crippen LogP contribution >= 0.6 is 0 Å². The van der Waals surface area contributed by atoms with Gasteiger partial charge in [0, 0.05) is 6.42 Å². The quantitative estimate of drug-likeness (QED) is 0.599. The number of ether oxygens (including phenoxy) is 3. The van der Waals surface area contributed by atoms with Gasteiger partial charge in [0.05, 0.1) is 26.4 Å². The maximum atomic E-state index is 10.9. The van der Waals surface area contributed by atoms with Crippen LogP contribution in [-0.2, 0) is 9.53 Å². The van der Waals surface area contributed by atoms with Crippen molar-refractivity contribution in [2.75, 3.05) is 20.8 Å². The molecule has 1 rings (SSSR count). The molecule has 0 saturated carbocycles. The number of rotatable bonds is 7. The average molecular weight is 268 g/mol. The van der Waals surface area contributed by atoms with Gasteiger partial charge in [-0.25, -0.2) is 4.79 Å². The van der Waals surface area contributed by atoms with Crippen LogP contribution in [0.2, 0.25) is 0 Å². The summed E-state index contributed by atoms with van der Waals surface area (Å²) in [5.41, 5.74) is 0.124. The maximum Gasteiger partial charge on any atom is 0.335 e. The number of hydrogen-bond acceptors (Lipinski definition) is 5. The Morgan fingerprint density at radius 1 is 1.21 bits per heavy atom. The minimum Gasteiger partial charge on any atom is -0.493 e. The van der Waals surface area contributed by atoms with E-state index in [0.717, 1.165) is 0 Å². The zero-order chi connectivity index (χ0) is 14.3. The number of aromatic carboxylic acids is 1. The zero-order valence-electron chi connectivity index (χ0n) is 10.8. The number of carbonyl (C=O) groups is 2. The summed E-state index contributed by atoms with van der Waals surface area (Å²) in [5.74, 6) is -0.539. The van der Waals surface area contributed by atoms with Gasteiger partial charge in [0.2, 0.25) is 0 Å². The first-order valence-corrected chi connectivity index (χ1v) is 5.69. The summed E-state index contributed by atoms with van der Waals surface area (Å²) >= 11 is 0. The van der Waals surface area contributed by atoms with Crippen LogP contribution in [0, 0.1) is 0 Å². The van der Waals surface area contributed by atoms with Gasteiger partial charge in [-0.3, -0.25) is 4.79 Å². The Morgan fingerprint density at radius 3 is 2.53 bits per heavy atom. The molecule has 0 fully saturated rings. The van der Waals surface area contributed by atoms with Gasteiger partial charge in [-0.1, -0.05) is 0 Å². The standard InChI is InChI=1S/C13H16O6/c1-17-11-8-9(13(15)16)5-6-10(11)19-7-3-4-12(14)18-2/h5-6,8H,3-4,7H2,1-2H3,(H,15,16). The molecule has 0 radical (unpaired) electrons. The fraction of sp³-hybridized carbons (Fsp3) is 0.385. The first kappa shape index (κ1) is 14.8. The molecule has 0 spiro atoms. The third kappa shape index (κ3) is 4.50. The number of carbonyl (C=O) groups excluding carboxylic acids is 1. The summed E-state index contributed by atoms with van der Waals surface area (Å²) in [6, 6.07) is 4.35. The van der Waals surface area contributed by atoms with E-state index in [0.29, 0.717) is 24.5 Å². The molecule has 1 aromatic rings. The Kier molecular flexibility index (Phi) is 5.66. The Bertz CT molecular complexity index is 454. The van der Waals surface area contributed by atoms with Crippen LogP contribution in [0.3, 0.4) is 0 Å². The fourth-order valence-corrected chi connectivity index (χ4v) is 1.42. The molecule has 1 aromatic carbocycles. The average Bonchev–Trinajstić information content (AvgIpc) is 2.42. The smallest absolute Gasteiger partial charge is 0.335 e. The topological polar surface area (TPSA) is 82.1 Å². The van der Waals surface area contributed by atoms with E-state index in [1.54, 1.807) is 0 Å². The summed E-state index contributed by atoms with van der Waals surface area (Å²) in [5, 5.41) is 8.85. The highest BCUT2D eigenvalue weighted by molar-refractivity contribution is 5.88. The molecule has 0 atom stereocenters. The van der Waals surface area contributed by atoms with Crippen molar-refractivity contribution in [3.8, 4) is 11.5 Å². The molecule has 6 heteroatoms. The second-order valence-corrected chi connectivity index (χ2v) is 3.70. The number of esters is 1. The molecular formula is C13H16O6. The minimum atomic E-state index is -1.03. The summed E-state index contributed by atoms with van der Waals surface area (Å²) in [7, 11) is 2.76. The van der Waals surface area contributed by atoms with Crippen molar-refractivity contribution in [1.29, 1.82) is 0 Å². The van der Waals surface area contributed by atoms with Gasteiger partial charge in [0.15, 0.2) is 11.5 Å². The van der Waals surface area contributed by atoms with E-state index in [9.17, 15) is 9.59 Å². The van der Waals surface area contributed by atoms with Gasteiger partial charge in [0.1, 0.15) is 0 Å². The Hall–Kier alpha value is -2.24. The normalized spacial score (nSPS) is 9.79. The van der Waals surface area contributed by atoms with Gasteiger partial charge in [-0.05, 0) is 24.6 Å². The molecule has 104 valence electrons. The van der Waals surface area contributed by atoms with Gasteiger partial charge in [-0.2, -0.15) is 0 Å². The van der Waals surface area contributed by atoms with Crippen molar-refractivity contribution in [1.82, 2.24) is 0 Å². The molecule has 0 aliphatic carbocycles. The molecule has 0 unspecified atom stereocenters. The first-order valence-electron chi connectivity index (χ1n) is 5.69. The summed E-state index contributed by atoms with van der Waals surface area (Å²) in [6.45, 7) is 0.317. The van der Waals surface area contributed by atoms with E-state index in [1.165, 1.54) is 32.4 Å². The molecule has 0 saturated heterocycles. The largest absolute Gasteiger partial charge is 0.493 e. The minimum absolute atomic E-state index is 0.124. The third-order valence-corrected chi connectivity index (χ3v) is 2.42. The first-order chi connectivity index (χ1) is 9.08. The van der Waals surface area contributed by atoms with Crippen molar-refractivity contribution in [2.45, 2.75) is 12.8 Å². The van der Waals surface area contributed by atoms with Crippen LogP contribution in [0.15, 0.2) is 18.2 Å². The molecule has 6 nitrogen and oxygen atoms in total. The van der Waals surface area contributed by atoms with Crippen LogP contribution in [0.1, 0.15) is 23.2 Å². The van der Waals surface area contributed by atoms with Crippen LogP contribution in [0.4, 0.5) is 0 Å². The van der Waals surface area contributed by atoms with Crippen molar-refractivity contribution >= 4 is 11.9 Å². The van der Waals surface area contributed by atoms with E-state index in [4.69, 9.17) is 14.6 Å². The van der Waals surface area contributed by atoms with Crippen LogP contribution < -0.4 is 9.47 Å². The van der Waals surface area contributed by atoms with Crippen LogP contribution in [0.5, 0.6) is 11.5 Å². The molecular weight excluding hydrogens is 252 g/mol. The lowest BCUT2D eigenvalue weighted by atomic mass is 10.2. The highest BCUT2D eigenvalue weighted by atomic mass is 16.5. The maximum absolute atomic E-state index is 10.9. The molecule has 0 aliphatic rings. The lowest BCUT2D eigenvalue weighted by Crippen LogP contribution is -2.05. The Balaban J connectivity index is 2.58. The van der Waals surface area contributed by atoms with E-state index in [-0.39, 0.29) is 18.0 Å². The predicted molar refractivity (Wildman–Crippen MR) is 66.7 cm³/mol. The van der Waals surface area contributed by atoms with E-state index >= 15 is 0 Å². The lowest BCUT2D eigenvalue weighted by molar-refractivity contribution is -0.140. The van der Waals surface area contributed by atoms with Gasteiger partial charge >= 0.3 is 11.9 Å². The van der Waals surface area contributed by atoms with Crippen molar-refractivity contribution in [2.24, 2.45) is 0 Å². The molecule has 0 aromatic heterocycles. The number of methoxy groups -OCH3 is 2. The summed E-state index contributed by atoms with van der Waals surface area (Å²) in [4.78, 5) is 21.7. The molecule has 1 N–H and O–H groups in total. The lowest BCUT2D eigenvalue weighted by Gasteiger charge is -2.10. The van der Waals surface area contributed by atoms with Crippen molar-refractivity contribution in [3.63, 3.8) is 0 Å². The van der Waals surface area contributed by atoms with E-state index < -0.39 is 5.97 Å². The van der Waals surface area contributed by atoms with E-state index in [1.807, 2.05) is 0 Å². The zero-order valence-corrected chi connectivity index (χ0v) is 10.8. The highest BCUT2D eigenvalue weighted by Crippen LogP contribution is 2.28. The number of carboxylic acids is 1. The molecule has 0 bridgehead atoms. The molecule has 0 heterocycles. The number of carboxylic acid groups (broad SMARTS) is 1. The third-order valence-electron chi connectivity index (χ3n) is 2.42. The van der Waals surface area contributed by atoms with Crippen molar-refractivity contribution < 1.29 is 28.9 Å². The molecule has 19 heavy (non-hydrogen) atoms. The predicted octanol–water partition coefficient (Wildman–Crippen LogP) is 1.73. The second kappa shape index (κ2) is 7.25. The Morgan fingerprint density at radius 2 is 1.95 bits per heavy atom. The van der Waals surface area contributed by atoms with Crippen LogP contribution in [-0.4, -0.2) is 37.9 Å². The van der Waals surface area contributed by atoms with Gasteiger partial charge in [0.25, 0.3) is 0 Å². The monoisotopic (exact) mass is 268 g/mol. The fourth-order valence-electron chi connectivity index (χ4n) is 1.42. The SMILES string of the molecule is COC(=O)CCCOc1ccc(C(=O)O)cc1OC. The van der Waals surface area contributed by atoms with Crippen molar-refractivity contribution in [3.05, 3.63) is 23.8 Å². The second-order valence-electron chi connectivity index (χ2n) is 3.70. The molecule has 0 amide bonds. The highest BCUT2D eigenvalue weighted by Gasteiger charge is 2.10.